The van der Waals surface area contributed by atoms with Gasteiger partial charge in [-0.05, 0) is 40.0 Å². The Labute approximate surface area is 155 Å². The molecule has 0 saturated carbocycles. The Morgan fingerprint density at radius 1 is 1.19 bits per heavy atom. The normalized spacial score (nSPS) is 15.1. The fraction of sp³-hybridized carbons (Fsp3) is 0.176. The summed E-state index contributed by atoms with van der Waals surface area (Å²) in [5.74, 6) is -1.42. The molecule has 26 heavy (non-hydrogen) atoms. The van der Waals surface area contributed by atoms with E-state index in [1.165, 1.54) is 11.5 Å². The van der Waals surface area contributed by atoms with Crippen LogP contribution in [0.15, 0.2) is 27.5 Å². The summed E-state index contributed by atoms with van der Waals surface area (Å²) in [5.41, 5.74) is 7.64. The minimum atomic E-state index is -0.631. The van der Waals surface area contributed by atoms with Gasteiger partial charge in [-0.2, -0.15) is 0 Å². The largest absolute Gasteiger partial charge is 0.384 e. The van der Waals surface area contributed by atoms with Crippen molar-refractivity contribution in [1.82, 2.24) is 9.88 Å². The number of imide groups is 1. The van der Waals surface area contributed by atoms with Gasteiger partial charge in [-0.25, -0.2) is 0 Å². The van der Waals surface area contributed by atoms with Crippen LogP contribution in [0.3, 0.4) is 0 Å². The Kier molecular flexibility index (Phi) is 3.52. The number of fused-ring (bicyclic) bond motifs is 2. The zero-order chi connectivity index (χ0) is 18.7. The number of nitrogens with two attached hydrogens (primary N) is 1. The summed E-state index contributed by atoms with van der Waals surface area (Å²) in [6.45, 7) is 2.05. The van der Waals surface area contributed by atoms with Crippen molar-refractivity contribution in [3.8, 4) is 5.69 Å². The lowest BCUT2D eigenvalue weighted by Gasteiger charge is -2.18. The molecule has 0 unspecified atom stereocenters. The second-order valence-corrected chi connectivity index (χ2v) is 6.99. The third-order valence-corrected chi connectivity index (χ3v) is 5.20. The van der Waals surface area contributed by atoms with Crippen LogP contribution in [0.2, 0.25) is 0 Å². The highest BCUT2D eigenvalue weighted by Gasteiger charge is 2.32. The van der Waals surface area contributed by atoms with E-state index in [1.807, 2.05) is 0 Å². The molecule has 0 saturated heterocycles. The van der Waals surface area contributed by atoms with Gasteiger partial charge in [-0.3, -0.25) is 29.1 Å². The van der Waals surface area contributed by atoms with Gasteiger partial charge in [0.15, 0.2) is 0 Å². The Hall–Kier alpha value is -2.94. The highest BCUT2D eigenvalue weighted by Crippen LogP contribution is 2.38. The van der Waals surface area contributed by atoms with Crippen LogP contribution in [0.4, 0.5) is 11.5 Å². The molecule has 1 aromatic carbocycles. The molecule has 2 aliphatic rings. The Bertz CT molecular complexity index is 1090. The van der Waals surface area contributed by atoms with Crippen molar-refractivity contribution in [2.75, 3.05) is 17.2 Å². The Balaban J connectivity index is 1.94. The van der Waals surface area contributed by atoms with Gasteiger partial charge < -0.3 is 10.6 Å². The van der Waals surface area contributed by atoms with Crippen LogP contribution in [0, 0.1) is 0 Å². The standard InChI is InChI=1S/C17H13BrN4O4/c1-7(23)21-3-2-8-4-9(5-11(18)14(8)21)22-12(24)6-10-13(15(22)19)17(26)20-16(10)25/h4-6H,2-3,19H2,1H3,(H,20,25,26). The maximum atomic E-state index is 12.5. The first-order valence-electron chi connectivity index (χ1n) is 7.81. The lowest BCUT2D eigenvalue weighted by Crippen LogP contribution is -2.26. The molecule has 0 radical (unpaired) electrons. The summed E-state index contributed by atoms with van der Waals surface area (Å²) >= 11 is 3.45. The highest BCUT2D eigenvalue weighted by molar-refractivity contribution is 9.10. The van der Waals surface area contributed by atoms with Crippen LogP contribution < -0.4 is 21.5 Å². The van der Waals surface area contributed by atoms with Crippen LogP contribution in [0.25, 0.3) is 5.69 Å². The zero-order valence-corrected chi connectivity index (χ0v) is 15.2. The van der Waals surface area contributed by atoms with E-state index in [0.717, 1.165) is 17.3 Å². The number of rotatable bonds is 1. The lowest BCUT2D eigenvalue weighted by molar-refractivity contribution is -0.116. The van der Waals surface area contributed by atoms with E-state index >= 15 is 0 Å². The number of carbonyl (C=O) groups excluding carboxylic acids is 3. The second-order valence-electron chi connectivity index (χ2n) is 6.13. The van der Waals surface area contributed by atoms with E-state index in [1.54, 1.807) is 17.0 Å². The minimum absolute atomic E-state index is 0.00316. The van der Waals surface area contributed by atoms with E-state index < -0.39 is 17.4 Å². The summed E-state index contributed by atoms with van der Waals surface area (Å²) in [5, 5.41) is 2.14. The van der Waals surface area contributed by atoms with Gasteiger partial charge in [-0.1, -0.05) is 0 Å². The molecule has 8 nitrogen and oxygen atoms in total. The fourth-order valence-corrected chi connectivity index (χ4v) is 4.17. The van der Waals surface area contributed by atoms with Crippen LogP contribution in [-0.4, -0.2) is 28.8 Å². The number of benzene rings is 1. The minimum Gasteiger partial charge on any atom is -0.384 e. The number of hydrogen-bond acceptors (Lipinski definition) is 5. The monoisotopic (exact) mass is 416 g/mol. The summed E-state index contributed by atoms with van der Waals surface area (Å²) < 4.78 is 1.84. The summed E-state index contributed by atoms with van der Waals surface area (Å²) in [6.07, 6.45) is 0.639. The van der Waals surface area contributed by atoms with Crippen molar-refractivity contribution in [2.24, 2.45) is 0 Å². The SMILES string of the molecule is CC(=O)N1CCc2cc(-n3c(N)c4c(cc3=O)C(=O)NC4=O)cc(Br)c21. The predicted octanol–water partition coefficient (Wildman–Crippen LogP) is 0.975. The molecule has 0 spiro atoms. The predicted molar refractivity (Wildman–Crippen MR) is 97.7 cm³/mol. The molecule has 3 N–H and O–H groups in total. The van der Waals surface area contributed by atoms with Gasteiger partial charge in [0, 0.05) is 24.0 Å². The number of hydrogen-bond donors (Lipinski definition) is 2. The molecule has 132 valence electrons. The van der Waals surface area contributed by atoms with E-state index in [2.05, 4.69) is 21.2 Å². The highest BCUT2D eigenvalue weighted by atomic mass is 79.9. The lowest BCUT2D eigenvalue weighted by atomic mass is 10.1. The molecule has 4 rings (SSSR count). The van der Waals surface area contributed by atoms with Crippen molar-refractivity contribution >= 4 is 45.2 Å². The van der Waals surface area contributed by atoms with Crippen molar-refractivity contribution in [1.29, 1.82) is 0 Å². The van der Waals surface area contributed by atoms with Gasteiger partial charge in [0.1, 0.15) is 5.82 Å². The topological polar surface area (TPSA) is 114 Å². The molecular weight excluding hydrogens is 404 g/mol. The summed E-state index contributed by atoms with van der Waals surface area (Å²) in [4.78, 5) is 49.7. The molecule has 2 aromatic rings. The summed E-state index contributed by atoms with van der Waals surface area (Å²) in [7, 11) is 0. The van der Waals surface area contributed by atoms with Crippen LogP contribution >= 0.6 is 15.9 Å². The van der Waals surface area contributed by atoms with E-state index in [-0.39, 0.29) is 22.9 Å². The van der Waals surface area contributed by atoms with Crippen molar-refractivity contribution in [3.05, 3.63) is 49.7 Å². The first kappa shape index (κ1) is 16.5. The van der Waals surface area contributed by atoms with Gasteiger partial charge in [0.25, 0.3) is 17.4 Å². The van der Waals surface area contributed by atoms with Crippen molar-refractivity contribution < 1.29 is 14.4 Å². The number of carbonyl (C=O) groups is 3. The quantitative estimate of drug-likeness (QED) is 0.672. The van der Waals surface area contributed by atoms with Crippen LogP contribution in [0.5, 0.6) is 0 Å². The second kappa shape index (κ2) is 5.53. The average Bonchev–Trinajstić information content (AvgIpc) is 3.09. The van der Waals surface area contributed by atoms with Gasteiger partial charge in [-0.15, -0.1) is 0 Å². The number of nitrogens with one attached hydrogen (secondary N) is 1. The van der Waals surface area contributed by atoms with Crippen molar-refractivity contribution in [3.63, 3.8) is 0 Å². The molecule has 3 amide bonds. The van der Waals surface area contributed by atoms with Gasteiger partial charge >= 0.3 is 0 Å². The average molecular weight is 417 g/mol. The number of halogens is 1. The van der Waals surface area contributed by atoms with Crippen LogP contribution in [0.1, 0.15) is 33.2 Å². The van der Waals surface area contributed by atoms with Gasteiger partial charge in [0.2, 0.25) is 5.91 Å². The van der Waals surface area contributed by atoms with Crippen molar-refractivity contribution in [2.45, 2.75) is 13.3 Å². The van der Waals surface area contributed by atoms with Crippen LogP contribution in [-0.2, 0) is 11.2 Å². The maximum absolute atomic E-state index is 12.5. The Morgan fingerprint density at radius 3 is 2.62 bits per heavy atom. The third kappa shape index (κ3) is 2.20. The molecule has 0 fully saturated rings. The zero-order valence-electron chi connectivity index (χ0n) is 13.6. The van der Waals surface area contributed by atoms with E-state index in [0.29, 0.717) is 23.1 Å². The summed E-state index contributed by atoms with van der Waals surface area (Å²) in [6, 6.07) is 4.54. The number of nitrogens with zero attached hydrogens (tertiary/aromatic N) is 2. The number of aromatic nitrogens is 1. The smallest absolute Gasteiger partial charge is 0.262 e. The number of amides is 3. The number of anilines is 2. The molecule has 3 heterocycles. The molecule has 2 aliphatic heterocycles. The Morgan fingerprint density at radius 2 is 1.92 bits per heavy atom. The first-order valence-corrected chi connectivity index (χ1v) is 8.61. The fourth-order valence-electron chi connectivity index (χ4n) is 3.47. The molecule has 0 atom stereocenters. The molecule has 0 aliphatic carbocycles. The molecule has 1 aromatic heterocycles. The van der Waals surface area contributed by atoms with E-state index in [4.69, 9.17) is 5.73 Å². The molecule has 9 heteroatoms. The third-order valence-electron chi connectivity index (χ3n) is 4.59. The maximum Gasteiger partial charge on any atom is 0.262 e. The number of pyridine rings is 1. The van der Waals surface area contributed by atoms with Gasteiger partial charge in [0.05, 0.1) is 22.5 Å². The first-order chi connectivity index (χ1) is 12.3. The molecular formula is C17H13BrN4O4. The number of nitrogen functional groups attached to an aromatic ring is 1. The molecule has 0 bridgehead atoms. The van der Waals surface area contributed by atoms with E-state index in [9.17, 15) is 19.2 Å².